The number of aromatic nitrogens is 2. The highest BCUT2D eigenvalue weighted by atomic mass is 16.5. The fraction of sp³-hybridized carbons (Fsp3) is 0.0690. The van der Waals surface area contributed by atoms with E-state index < -0.39 is 0 Å². The van der Waals surface area contributed by atoms with Gasteiger partial charge in [0.05, 0.1) is 18.1 Å². The molecule has 4 nitrogen and oxygen atoms in total. The molecule has 0 radical (unpaired) electrons. The summed E-state index contributed by atoms with van der Waals surface area (Å²) in [5, 5.41) is 4.74. The topological polar surface area (TPSA) is 47.1 Å². The normalized spacial score (nSPS) is 11.3. The van der Waals surface area contributed by atoms with Gasteiger partial charge in [-0.15, -0.1) is 0 Å². The molecule has 0 aliphatic rings. The average molecular weight is 431 g/mol. The maximum Gasteiger partial charge on any atom is 0.161 e. The Bertz CT molecular complexity index is 1530. The Labute approximate surface area is 191 Å². The van der Waals surface area contributed by atoms with Crippen molar-refractivity contribution >= 4 is 32.6 Å². The number of aromatic amines is 1. The minimum Gasteiger partial charge on any atom is -0.493 e. The summed E-state index contributed by atoms with van der Waals surface area (Å²) in [6.45, 7) is 0.485. The van der Waals surface area contributed by atoms with E-state index in [2.05, 4.69) is 53.5 Å². The van der Waals surface area contributed by atoms with Gasteiger partial charge in [-0.05, 0) is 34.5 Å². The van der Waals surface area contributed by atoms with Gasteiger partial charge in [0.2, 0.25) is 0 Å². The molecule has 0 fully saturated rings. The van der Waals surface area contributed by atoms with Gasteiger partial charge in [-0.2, -0.15) is 0 Å². The summed E-state index contributed by atoms with van der Waals surface area (Å²) in [5.41, 5.74) is 4.08. The highest BCUT2D eigenvalue weighted by Crippen LogP contribution is 2.37. The van der Waals surface area contributed by atoms with Crippen molar-refractivity contribution in [3.05, 3.63) is 103 Å². The SMILES string of the molecule is COc1cc(-c2nc3c4ccccc4c4ccccc4c3[nH]2)ccc1OCc1ccccc1. The average Bonchev–Trinajstić information content (AvgIpc) is 3.34. The maximum absolute atomic E-state index is 6.02. The van der Waals surface area contributed by atoms with Crippen LogP contribution in [0.5, 0.6) is 11.5 Å². The van der Waals surface area contributed by atoms with E-state index in [-0.39, 0.29) is 0 Å². The zero-order chi connectivity index (χ0) is 22.2. The molecule has 0 spiro atoms. The number of hydrogen-bond donors (Lipinski definition) is 1. The molecule has 0 atom stereocenters. The van der Waals surface area contributed by atoms with Gasteiger partial charge in [-0.3, -0.25) is 0 Å². The molecular weight excluding hydrogens is 408 g/mol. The molecule has 6 rings (SSSR count). The molecule has 5 aromatic carbocycles. The molecule has 0 unspecified atom stereocenters. The fourth-order valence-electron chi connectivity index (χ4n) is 4.43. The monoisotopic (exact) mass is 430 g/mol. The van der Waals surface area contributed by atoms with Crippen molar-refractivity contribution in [3.63, 3.8) is 0 Å². The van der Waals surface area contributed by atoms with Gasteiger partial charge in [0, 0.05) is 16.3 Å². The van der Waals surface area contributed by atoms with Crippen molar-refractivity contribution in [2.24, 2.45) is 0 Å². The fourth-order valence-corrected chi connectivity index (χ4v) is 4.43. The molecule has 6 aromatic rings. The van der Waals surface area contributed by atoms with Crippen molar-refractivity contribution in [2.45, 2.75) is 6.61 Å². The molecule has 0 bridgehead atoms. The second-order valence-corrected chi connectivity index (χ2v) is 8.04. The second kappa shape index (κ2) is 7.99. The van der Waals surface area contributed by atoms with E-state index in [0.29, 0.717) is 18.1 Å². The lowest BCUT2D eigenvalue weighted by Crippen LogP contribution is -1.98. The molecule has 160 valence electrons. The van der Waals surface area contributed by atoms with Crippen LogP contribution >= 0.6 is 0 Å². The summed E-state index contributed by atoms with van der Waals surface area (Å²) in [6.07, 6.45) is 0. The molecule has 0 saturated carbocycles. The summed E-state index contributed by atoms with van der Waals surface area (Å²) in [6, 6.07) is 32.9. The Morgan fingerprint density at radius 2 is 1.36 bits per heavy atom. The Morgan fingerprint density at radius 3 is 2.12 bits per heavy atom. The number of nitrogens with zero attached hydrogens (tertiary/aromatic N) is 1. The van der Waals surface area contributed by atoms with E-state index in [9.17, 15) is 0 Å². The standard InChI is InChI=1S/C29H22N2O2/c1-32-26-17-20(15-16-25(26)33-18-19-9-3-2-4-10-19)29-30-27-23-13-7-5-11-21(23)22-12-6-8-14-24(22)28(27)31-29/h2-17H,18H2,1H3,(H,30,31). The van der Waals surface area contributed by atoms with Crippen LogP contribution in [-0.4, -0.2) is 17.1 Å². The predicted molar refractivity (Wildman–Crippen MR) is 134 cm³/mol. The summed E-state index contributed by atoms with van der Waals surface area (Å²) in [7, 11) is 1.66. The van der Waals surface area contributed by atoms with Gasteiger partial charge in [0.1, 0.15) is 12.4 Å². The van der Waals surface area contributed by atoms with Crippen LogP contribution in [0, 0.1) is 0 Å². The number of H-pyrrole nitrogens is 1. The molecule has 1 N–H and O–H groups in total. The van der Waals surface area contributed by atoms with Crippen molar-refractivity contribution in [1.29, 1.82) is 0 Å². The van der Waals surface area contributed by atoms with Crippen LogP contribution in [0.2, 0.25) is 0 Å². The minimum atomic E-state index is 0.485. The van der Waals surface area contributed by atoms with Crippen LogP contribution < -0.4 is 9.47 Å². The lowest BCUT2D eigenvalue weighted by molar-refractivity contribution is 0.284. The number of fused-ring (bicyclic) bond motifs is 6. The molecule has 4 heteroatoms. The summed E-state index contributed by atoms with van der Waals surface area (Å²) < 4.78 is 11.7. The number of rotatable bonds is 5. The summed E-state index contributed by atoms with van der Waals surface area (Å²) in [4.78, 5) is 8.58. The van der Waals surface area contributed by atoms with Gasteiger partial charge >= 0.3 is 0 Å². The second-order valence-electron chi connectivity index (χ2n) is 8.04. The molecule has 1 aromatic heterocycles. The molecule has 0 aliphatic carbocycles. The zero-order valence-electron chi connectivity index (χ0n) is 18.2. The smallest absolute Gasteiger partial charge is 0.161 e. The van der Waals surface area contributed by atoms with Crippen LogP contribution in [0.4, 0.5) is 0 Å². The first kappa shape index (κ1) is 19.4. The van der Waals surface area contributed by atoms with Crippen molar-refractivity contribution in [3.8, 4) is 22.9 Å². The highest BCUT2D eigenvalue weighted by molar-refractivity contribution is 6.23. The first-order valence-electron chi connectivity index (χ1n) is 11.0. The number of methoxy groups -OCH3 is 1. The third-order valence-electron chi connectivity index (χ3n) is 6.05. The minimum absolute atomic E-state index is 0.485. The molecule has 0 amide bonds. The van der Waals surface area contributed by atoms with E-state index in [1.165, 1.54) is 16.2 Å². The van der Waals surface area contributed by atoms with Crippen LogP contribution in [0.15, 0.2) is 97.1 Å². The van der Waals surface area contributed by atoms with E-state index in [0.717, 1.165) is 33.4 Å². The first-order valence-corrected chi connectivity index (χ1v) is 11.0. The molecule has 0 saturated heterocycles. The highest BCUT2D eigenvalue weighted by Gasteiger charge is 2.15. The molecule has 1 heterocycles. The molecule has 0 aliphatic heterocycles. The number of imidazole rings is 1. The van der Waals surface area contributed by atoms with Gasteiger partial charge in [-0.1, -0.05) is 78.9 Å². The third-order valence-corrected chi connectivity index (χ3v) is 6.05. The summed E-state index contributed by atoms with van der Waals surface area (Å²) >= 11 is 0. The Kier molecular flexibility index (Phi) is 4.69. The van der Waals surface area contributed by atoms with E-state index in [1.54, 1.807) is 7.11 Å². The maximum atomic E-state index is 6.02. The largest absolute Gasteiger partial charge is 0.493 e. The van der Waals surface area contributed by atoms with Gasteiger partial charge in [0.15, 0.2) is 11.5 Å². The predicted octanol–water partition coefficient (Wildman–Crippen LogP) is 7.12. The van der Waals surface area contributed by atoms with Crippen LogP contribution in [-0.2, 0) is 6.61 Å². The van der Waals surface area contributed by atoms with Crippen LogP contribution in [0.25, 0.3) is 44.0 Å². The van der Waals surface area contributed by atoms with Gasteiger partial charge < -0.3 is 14.5 Å². The lowest BCUT2D eigenvalue weighted by atomic mass is 10.0. The van der Waals surface area contributed by atoms with Crippen molar-refractivity contribution < 1.29 is 9.47 Å². The number of benzene rings is 5. The molecule has 33 heavy (non-hydrogen) atoms. The Hall–Kier alpha value is -4.31. The summed E-state index contributed by atoms with van der Waals surface area (Å²) in [5.74, 6) is 2.19. The third kappa shape index (κ3) is 3.37. The molecular formula is C29H22N2O2. The Morgan fingerprint density at radius 1 is 0.697 bits per heavy atom. The lowest BCUT2D eigenvalue weighted by Gasteiger charge is -2.11. The Balaban J connectivity index is 1.44. The number of nitrogens with one attached hydrogen (secondary N) is 1. The first-order chi connectivity index (χ1) is 16.3. The quantitative estimate of drug-likeness (QED) is 0.296. The van der Waals surface area contributed by atoms with E-state index >= 15 is 0 Å². The van der Waals surface area contributed by atoms with Gasteiger partial charge in [0.25, 0.3) is 0 Å². The van der Waals surface area contributed by atoms with Crippen molar-refractivity contribution in [1.82, 2.24) is 9.97 Å². The van der Waals surface area contributed by atoms with E-state index in [4.69, 9.17) is 14.5 Å². The van der Waals surface area contributed by atoms with E-state index in [1.807, 2.05) is 48.5 Å². The van der Waals surface area contributed by atoms with Crippen LogP contribution in [0.1, 0.15) is 5.56 Å². The van der Waals surface area contributed by atoms with Crippen molar-refractivity contribution in [2.75, 3.05) is 7.11 Å². The number of hydrogen-bond acceptors (Lipinski definition) is 3. The van der Waals surface area contributed by atoms with Crippen LogP contribution in [0.3, 0.4) is 0 Å². The number of ether oxygens (including phenoxy) is 2. The van der Waals surface area contributed by atoms with Gasteiger partial charge in [-0.25, -0.2) is 4.98 Å². The zero-order valence-corrected chi connectivity index (χ0v) is 18.2.